The number of aliphatic carboxylic acids is 1. The second kappa shape index (κ2) is 10.8. The molecular formula is C39H31N3O4. The van der Waals surface area contributed by atoms with E-state index in [-0.39, 0.29) is 18.9 Å². The minimum Gasteiger partial charge on any atom is -0.480 e. The molecular weight excluding hydrogens is 574 g/mol. The maximum Gasteiger partial charge on any atom is 0.325 e. The third-order valence-corrected chi connectivity index (χ3v) is 9.86. The number of nitrogens with zero attached hydrogens (tertiary/aromatic N) is 1. The first-order valence-electron chi connectivity index (χ1n) is 15.5. The first kappa shape index (κ1) is 28.0. The summed E-state index contributed by atoms with van der Waals surface area (Å²) < 4.78 is 0. The Balaban J connectivity index is 1.23. The molecule has 7 nitrogen and oxygen atoms in total. The Morgan fingerprint density at radius 3 is 2.17 bits per heavy atom. The summed E-state index contributed by atoms with van der Waals surface area (Å²) >= 11 is 0. The van der Waals surface area contributed by atoms with Crippen LogP contribution in [0.4, 0.5) is 0 Å². The fourth-order valence-electron chi connectivity index (χ4n) is 7.63. The predicted molar refractivity (Wildman–Crippen MR) is 177 cm³/mol. The van der Waals surface area contributed by atoms with E-state index in [2.05, 4.69) is 10.3 Å². The molecule has 2 fully saturated rings. The second-order valence-corrected chi connectivity index (χ2v) is 12.3. The van der Waals surface area contributed by atoms with Crippen LogP contribution in [0.3, 0.4) is 0 Å². The monoisotopic (exact) mass is 605 g/mol. The first-order chi connectivity index (χ1) is 22.4. The van der Waals surface area contributed by atoms with Gasteiger partial charge in [-0.2, -0.15) is 0 Å². The number of hydrogen-bond donors (Lipinski definition) is 3. The molecule has 46 heavy (non-hydrogen) atoms. The van der Waals surface area contributed by atoms with Crippen LogP contribution in [0.15, 0.2) is 128 Å². The van der Waals surface area contributed by atoms with Crippen LogP contribution in [0.5, 0.6) is 0 Å². The predicted octanol–water partition coefficient (Wildman–Crippen LogP) is 6.50. The smallest absolute Gasteiger partial charge is 0.325 e. The summed E-state index contributed by atoms with van der Waals surface area (Å²) in [5, 5.41) is 17.2. The third-order valence-electron chi connectivity index (χ3n) is 9.86. The van der Waals surface area contributed by atoms with Gasteiger partial charge >= 0.3 is 5.97 Å². The van der Waals surface area contributed by atoms with Gasteiger partial charge in [0.25, 0.3) is 0 Å². The van der Waals surface area contributed by atoms with Gasteiger partial charge in [-0.15, -0.1) is 0 Å². The molecule has 8 rings (SSSR count). The molecule has 2 amide bonds. The third kappa shape index (κ3) is 4.35. The number of amides is 2. The molecule has 226 valence electrons. The van der Waals surface area contributed by atoms with Crippen molar-refractivity contribution in [3.63, 3.8) is 0 Å². The number of hydrogen-bond acceptors (Lipinski definition) is 4. The van der Waals surface area contributed by atoms with E-state index in [4.69, 9.17) is 0 Å². The molecule has 4 atom stereocenters. The van der Waals surface area contributed by atoms with Gasteiger partial charge in [0, 0.05) is 29.6 Å². The molecule has 3 N–H and O–H groups in total. The number of benzene rings is 5. The number of carboxylic acid groups (broad SMARTS) is 1. The number of fused-ring (bicyclic) bond motifs is 3. The van der Waals surface area contributed by atoms with Gasteiger partial charge in [0.15, 0.2) is 0 Å². The van der Waals surface area contributed by atoms with Gasteiger partial charge in [-0.3, -0.25) is 24.6 Å². The molecule has 0 radical (unpaired) electrons. The molecule has 2 aliphatic rings. The van der Waals surface area contributed by atoms with Crippen LogP contribution in [0.1, 0.15) is 22.7 Å². The van der Waals surface area contributed by atoms with Crippen molar-refractivity contribution >= 4 is 39.5 Å². The summed E-state index contributed by atoms with van der Waals surface area (Å²) in [7, 11) is 0. The van der Waals surface area contributed by atoms with Gasteiger partial charge in [0.2, 0.25) is 11.8 Å². The largest absolute Gasteiger partial charge is 0.480 e. The van der Waals surface area contributed by atoms with Gasteiger partial charge in [0.05, 0.1) is 18.4 Å². The zero-order valence-electron chi connectivity index (χ0n) is 24.9. The quantitative estimate of drug-likeness (QED) is 0.180. The van der Waals surface area contributed by atoms with Crippen LogP contribution < -0.4 is 5.32 Å². The zero-order valence-corrected chi connectivity index (χ0v) is 24.9. The fourth-order valence-corrected chi connectivity index (χ4v) is 7.63. The minimum atomic E-state index is -1.71. The second-order valence-electron chi connectivity index (χ2n) is 12.3. The van der Waals surface area contributed by atoms with Crippen molar-refractivity contribution in [2.45, 2.75) is 24.5 Å². The van der Waals surface area contributed by atoms with Crippen molar-refractivity contribution in [1.82, 2.24) is 15.2 Å². The van der Waals surface area contributed by atoms with Crippen LogP contribution in [0.2, 0.25) is 0 Å². The summed E-state index contributed by atoms with van der Waals surface area (Å²) in [5.74, 6) is -3.94. The Labute approximate surface area is 265 Å². The molecule has 0 bridgehead atoms. The maximum atomic E-state index is 14.5. The number of imide groups is 1. The summed E-state index contributed by atoms with van der Waals surface area (Å²) in [5.41, 5.74) is 3.62. The number of H-pyrrole nitrogens is 1. The van der Waals surface area contributed by atoms with Gasteiger partial charge in [-0.05, 0) is 44.7 Å². The lowest BCUT2D eigenvalue weighted by atomic mass is 9.76. The van der Waals surface area contributed by atoms with Crippen molar-refractivity contribution in [3.8, 4) is 11.1 Å². The molecule has 0 aliphatic carbocycles. The standard InChI is InChI=1S/C39H31N3O4/c43-36-33-34(37(44)42(36)23-28-13-8-12-26-11-4-5-14-30(26)28)39(38(45)46,21-29-22-40-32-16-7-6-15-31(29)32)41-35(33)27-19-17-25(18-20-27)24-9-2-1-3-10-24/h1-20,22,33-35,40-41H,21,23H2,(H,45,46). The number of carbonyl (C=O) groups excluding carboxylic acids is 2. The normalized spacial score (nSPS) is 22.5. The molecule has 4 unspecified atom stereocenters. The van der Waals surface area contributed by atoms with E-state index in [1.54, 1.807) is 0 Å². The molecule has 2 saturated heterocycles. The van der Waals surface area contributed by atoms with E-state index >= 15 is 0 Å². The highest BCUT2D eigenvalue weighted by molar-refractivity contribution is 6.10. The topological polar surface area (TPSA) is 102 Å². The Morgan fingerprint density at radius 2 is 1.39 bits per heavy atom. The van der Waals surface area contributed by atoms with E-state index in [0.29, 0.717) is 0 Å². The molecule has 6 aromatic rings. The number of para-hydroxylation sites is 1. The van der Waals surface area contributed by atoms with Gasteiger partial charge in [0.1, 0.15) is 5.54 Å². The van der Waals surface area contributed by atoms with E-state index in [1.165, 1.54) is 4.90 Å². The lowest BCUT2D eigenvalue weighted by molar-refractivity contribution is -0.151. The van der Waals surface area contributed by atoms with Crippen LogP contribution in [0, 0.1) is 11.8 Å². The van der Waals surface area contributed by atoms with Gasteiger partial charge in [-0.1, -0.05) is 115 Å². The maximum absolute atomic E-state index is 14.5. The van der Waals surface area contributed by atoms with E-state index in [0.717, 1.165) is 49.5 Å². The van der Waals surface area contributed by atoms with Crippen LogP contribution in [-0.2, 0) is 27.3 Å². The number of aromatic nitrogens is 1. The van der Waals surface area contributed by atoms with Crippen LogP contribution in [0.25, 0.3) is 32.8 Å². The lowest BCUT2D eigenvalue weighted by Crippen LogP contribution is -2.57. The number of carboxylic acids is 1. The molecule has 3 heterocycles. The Morgan fingerprint density at radius 1 is 0.717 bits per heavy atom. The van der Waals surface area contributed by atoms with E-state index in [1.807, 2.05) is 128 Å². The van der Waals surface area contributed by atoms with Gasteiger partial charge in [-0.25, -0.2) is 0 Å². The first-order valence-corrected chi connectivity index (χ1v) is 15.5. The molecule has 0 saturated carbocycles. The highest BCUT2D eigenvalue weighted by Crippen LogP contribution is 2.51. The average molecular weight is 606 g/mol. The molecule has 7 heteroatoms. The summed E-state index contributed by atoms with van der Waals surface area (Å²) in [6.07, 6.45) is 1.84. The number of rotatable bonds is 7. The Hall–Kier alpha value is -5.53. The Bertz CT molecular complexity index is 2130. The highest BCUT2D eigenvalue weighted by Gasteiger charge is 2.68. The fraction of sp³-hybridized carbons (Fsp3) is 0.154. The lowest BCUT2D eigenvalue weighted by Gasteiger charge is -2.31. The zero-order chi connectivity index (χ0) is 31.4. The number of carbonyl (C=O) groups is 3. The highest BCUT2D eigenvalue weighted by atomic mass is 16.4. The van der Waals surface area contributed by atoms with Gasteiger partial charge < -0.3 is 10.1 Å². The minimum absolute atomic E-state index is 0.0350. The summed E-state index contributed by atoms with van der Waals surface area (Å²) in [6, 6.07) is 38.5. The number of aromatic amines is 1. The molecule has 5 aromatic carbocycles. The van der Waals surface area contributed by atoms with Crippen molar-refractivity contribution in [2.75, 3.05) is 0 Å². The van der Waals surface area contributed by atoms with E-state index < -0.39 is 35.3 Å². The van der Waals surface area contributed by atoms with Crippen LogP contribution in [-0.4, -0.2) is 38.3 Å². The number of likely N-dealkylation sites (tertiary alicyclic amines) is 1. The van der Waals surface area contributed by atoms with E-state index in [9.17, 15) is 19.5 Å². The summed E-state index contributed by atoms with van der Waals surface area (Å²) in [6.45, 7) is 0.0778. The van der Waals surface area contributed by atoms with Crippen LogP contribution >= 0.6 is 0 Å². The van der Waals surface area contributed by atoms with Crippen molar-refractivity contribution in [2.24, 2.45) is 11.8 Å². The molecule has 0 spiro atoms. The van der Waals surface area contributed by atoms with Crippen molar-refractivity contribution in [3.05, 3.63) is 144 Å². The summed E-state index contributed by atoms with van der Waals surface area (Å²) in [4.78, 5) is 46.9. The van der Waals surface area contributed by atoms with Crippen molar-refractivity contribution < 1.29 is 19.5 Å². The number of nitrogens with one attached hydrogen (secondary N) is 2. The molecule has 2 aliphatic heterocycles. The molecule has 1 aromatic heterocycles. The SMILES string of the molecule is O=C1C2C(c3ccc(-c4ccccc4)cc3)NC(Cc3c[nH]c4ccccc34)(C(=O)O)C2C(=O)N1Cc1cccc2ccccc12. The van der Waals surface area contributed by atoms with Crippen molar-refractivity contribution in [1.29, 1.82) is 0 Å². The average Bonchev–Trinajstić information content (AvgIpc) is 3.74. The Kier molecular flexibility index (Phi) is 6.58.